The monoisotopic (exact) mass is 309 g/mol. The predicted octanol–water partition coefficient (Wildman–Crippen LogP) is 2.57. The van der Waals surface area contributed by atoms with Crippen molar-refractivity contribution >= 4 is 33.3 Å². The number of likely N-dealkylation sites (N-methyl/N-ethyl adjacent to an activating group) is 1. The number of carbonyl (C=O) groups is 1. The summed E-state index contributed by atoms with van der Waals surface area (Å²) in [4.78, 5) is 28.9. The van der Waals surface area contributed by atoms with Crippen molar-refractivity contribution in [2.24, 2.45) is 0 Å². The standard InChI is InChI=1S/C18H19N3O2/c1-3-21(2)11-17(22)19-12-8-9-16-15(10-12)13-6-4-5-7-14(13)18(23)20-16/h4-10H,3,11H2,1-2H3,(H,19,22)(H,20,23). The van der Waals surface area contributed by atoms with Crippen molar-refractivity contribution in [1.82, 2.24) is 9.88 Å². The molecule has 0 aliphatic carbocycles. The van der Waals surface area contributed by atoms with Crippen LogP contribution in [0.5, 0.6) is 0 Å². The van der Waals surface area contributed by atoms with Gasteiger partial charge in [0.15, 0.2) is 0 Å². The van der Waals surface area contributed by atoms with Gasteiger partial charge in [-0.3, -0.25) is 14.5 Å². The molecule has 0 aliphatic heterocycles. The first-order valence-electron chi connectivity index (χ1n) is 7.61. The van der Waals surface area contributed by atoms with E-state index in [1.165, 1.54) is 0 Å². The number of hydrogen-bond donors (Lipinski definition) is 2. The number of nitrogens with one attached hydrogen (secondary N) is 2. The molecule has 0 spiro atoms. The van der Waals surface area contributed by atoms with E-state index in [1.54, 1.807) is 12.1 Å². The molecule has 23 heavy (non-hydrogen) atoms. The van der Waals surface area contributed by atoms with E-state index < -0.39 is 0 Å². The van der Waals surface area contributed by atoms with E-state index in [2.05, 4.69) is 10.3 Å². The van der Waals surface area contributed by atoms with Crippen molar-refractivity contribution in [3.8, 4) is 0 Å². The topological polar surface area (TPSA) is 65.2 Å². The summed E-state index contributed by atoms with van der Waals surface area (Å²) in [6.07, 6.45) is 0. The quantitative estimate of drug-likeness (QED) is 0.728. The molecule has 2 N–H and O–H groups in total. The predicted molar refractivity (Wildman–Crippen MR) is 93.9 cm³/mol. The molecule has 0 unspecified atom stereocenters. The average molecular weight is 309 g/mol. The van der Waals surface area contributed by atoms with E-state index in [0.717, 1.165) is 28.5 Å². The molecule has 0 radical (unpaired) electrons. The SMILES string of the molecule is CCN(C)CC(=O)Nc1ccc2[nH]c(=O)c3ccccc3c2c1. The number of carbonyl (C=O) groups excluding carboxylic acids is 1. The van der Waals surface area contributed by atoms with Crippen LogP contribution in [0.3, 0.4) is 0 Å². The van der Waals surface area contributed by atoms with Crippen molar-refractivity contribution in [1.29, 1.82) is 0 Å². The number of amides is 1. The molecule has 0 saturated heterocycles. The highest BCUT2D eigenvalue weighted by molar-refractivity contribution is 6.07. The largest absolute Gasteiger partial charge is 0.325 e. The fourth-order valence-corrected chi connectivity index (χ4v) is 2.62. The van der Waals surface area contributed by atoms with E-state index in [0.29, 0.717) is 11.9 Å². The molecule has 5 heteroatoms. The highest BCUT2D eigenvalue weighted by Gasteiger charge is 2.08. The van der Waals surface area contributed by atoms with Gasteiger partial charge in [-0.2, -0.15) is 0 Å². The Kier molecular flexibility index (Phi) is 4.12. The smallest absolute Gasteiger partial charge is 0.256 e. The van der Waals surface area contributed by atoms with Crippen LogP contribution in [0.15, 0.2) is 47.3 Å². The maximum absolute atomic E-state index is 12.1. The molecule has 0 bridgehead atoms. The highest BCUT2D eigenvalue weighted by atomic mass is 16.2. The molecule has 3 rings (SSSR count). The van der Waals surface area contributed by atoms with Gasteiger partial charge >= 0.3 is 0 Å². The molecule has 1 heterocycles. The number of aromatic nitrogens is 1. The van der Waals surface area contributed by atoms with Gasteiger partial charge in [0.1, 0.15) is 0 Å². The maximum atomic E-state index is 12.1. The van der Waals surface area contributed by atoms with Gasteiger partial charge in [0.05, 0.1) is 6.54 Å². The molecular formula is C18H19N3O2. The average Bonchev–Trinajstić information content (AvgIpc) is 2.55. The fraction of sp³-hybridized carbons (Fsp3) is 0.222. The zero-order valence-corrected chi connectivity index (χ0v) is 13.2. The summed E-state index contributed by atoms with van der Waals surface area (Å²) in [5.74, 6) is -0.0533. The third kappa shape index (κ3) is 3.10. The third-order valence-electron chi connectivity index (χ3n) is 3.97. The molecule has 0 fully saturated rings. The number of nitrogens with zero attached hydrogens (tertiary/aromatic N) is 1. The van der Waals surface area contributed by atoms with Crippen LogP contribution in [0.25, 0.3) is 21.7 Å². The first-order chi connectivity index (χ1) is 11.1. The van der Waals surface area contributed by atoms with Gasteiger partial charge in [0, 0.05) is 22.0 Å². The minimum atomic E-state index is -0.102. The number of anilines is 1. The Morgan fingerprint density at radius 3 is 2.61 bits per heavy atom. The molecule has 3 aromatic rings. The number of pyridine rings is 1. The van der Waals surface area contributed by atoms with E-state index in [-0.39, 0.29) is 11.5 Å². The summed E-state index contributed by atoms with van der Waals surface area (Å²) >= 11 is 0. The molecule has 0 saturated carbocycles. The second kappa shape index (κ2) is 6.22. The maximum Gasteiger partial charge on any atom is 0.256 e. The first kappa shape index (κ1) is 15.2. The number of H-pyrrole nitrogens is 1. The van der Waals surface area contributed by atoms with Crippen LogP contribution in [0.2, 0.25) is 0 Å². The lowest BCUT2D eigenvalue weighted by molar-refractivity contribution is -0.117. The van der Waals surface area contributed by atoms with Crippen molar-refractivity contribution < 1.29 is 4.79 Å². The second-order valence-electron chi connectivity index (χ2n) is 5.64. The molecule has 2 aromatic carbocycles. The van der Waals surface area contributed by atoms with Crippen LogP contribution < -0.4 is 10.9 Å². The third-order valence-corrected chi connectivity index (χ3v) is 3.97. The molecule has 118 valence electrons. The molecule has 0 atom stereocenters. The van der Waals surface area contributed by atoms with Crippen LogP contribution in [0.1, 0.15) is 6.92 Å². The van der Waals surface area contributed by atoms with Crippen molar-refractivity contribution in [3.63, 3.8) is 0 Å². The van der Waals surface area contributed by atoms with Gasteiger partial charge < -0.3 is 10.3 Å². The van der Waals surface area contributed by atoms with Gasteiger partial charge in [-0.05, 0) is 43.2 Å². The van der Waals surface area contributed by atoms with E-state index in [9.17, 15) is 9.59 Å². The zero-order chi connectivity index (χ0) is 16.4. The Balaban J connectivity index is 2.01. The number of benzene rings is 2. The van der Waals surface area contributed by atoms with E-state index in [1.807, 2.05) is 49.2 Å². The molecule has 0 aliphatic rings. The van der Waals surface area contributed by atoms with Crippen LogP contribution in [-0.4, -0.2) is 35.9 Å². The summed E-state index contributed by atoms with van der Waals surface area (Å²) in [5.41, 5.74) is 1.39. The zero-order valence-electron chi connectivity index (χ0n) is 13.2. The lowest BCUT2D eigenvalue weighted by Crippen LogP contribution is -2.29. The molecular weight excluding hydrogens is 290 g/mol. The Labute approximate surface area is 133 Å². The fourth-order valence-electron chi connectivity index (χ4n) is 2.62. The molecule has 1 aromatic heterocycles. The second-order valence-corrected chi connectivity index (χ2v) is 5.64. The van der Waals surface area contributed by atoms with Crippen LogP contribution in [0.4, 0.5) is 5.69 Å². The minimum absolute atomic E-state index is 0.0533. The van der Waals surface area contributed by atoms with Crippen LogP contribution in [-0.2, 0) is 4.79 Å². The first-order valence-corrected chi connectivity index (χ1v) is 7.61. The van der Waals surface area contributed by atoms with Crippen molar-refractivity contribution in [3.05, 3.63) is 52.8 Å². The number of hydrogen-bond acceptors (Lipinski definition) is 3. The summed E-state index contributed by atoms with van der Waals surface area (Å²) in [6, 6.07) is 13.0. The minimum Gasteiger partial charge on any atom is -0.325 e. The van der Waals surface area contributed by atoms with Gasteiger partial charge in [-0.15, -0.1) is 0 Å². The van der Waals surface area contributed by atoms with Gasteiger partial charge in [-0.25, -0.2) is 0 Å². The number of fused-ring (bicyclic) bond motifs is 3. The summed E-state index contributed by atoms with van der Waals surface area (Å²) in [7, 11) is 1.90. The van der Waals surface area contributed by atoms with Crippen molar-refractivity contribution in [2.75, 3.05) is 25.5 Å². The Morgan fingerprint density at radius 1 is 1.13 bits per heavy atom. The molecule has 5 nitrogen and oxygen atoms in total. The van der Waals surface area contributed by atoms with Gasteiger partial charge in [0.2, 0.25) is 5.91 Å². The van der Waals surface area contributed by atoms with Gasteiger partial charge in [-0.1, -0.05) is 25.1 Å². The number of aromatic amines is 1. The Hall–Kier alpha value is -2.66. The van der Waals surface area contributed by atoms with Crippen LogP contribution >= 0.6 is 0 Å². The molecule has 1 amide bonds. The normalized spacial score (nSPS) is 11.3. The van der Waals surface area contributed by atoms with E-state index in [4.69, 9.17) is 0 Å². The number of rotatable bonds is 4. The van der Waals surface area contributed by atoms with Crippen LogP contribution in [0, 0.1) is 0 Å². The highest BCUT2D eigenvalue weighted by Crippen LogP contribution is 2.24. The Bertz CT molecular complexity index is 930. The Morgan fingerprint density at radius 2 is 1.87 bits per heavy atom. The van der Waals surface area contributed by atoms with E-state index >= 15 is 0 Å². The summed E-state index contributed by atoms with van der Waals surface area (Å²) < 4.78 is 0. The summed E-state index contributed by atoms with van der Waals surface area (Å²) in [5, 5.41) is 5.35. The van der Waals surface area contributed by atoms with Crippen molar-refractivity contribution in [2.45, 2.75) is 6.92 Å². The summed E-state index contributed by atoms with van der Waals surface area (Å²) in [6.45, 7) is 3.17. The lowest BCUT2D eigenvalue weighted by Gasteiger charge is -2.14. The lowest BCUT2D eigenvalue weighted by atomic mass is 10.1. The van der Waals surface area contributed by atoms with Gasteiger partial charge in [0.25, 0.3) is 5.56 Å².